The number of hydrogen-bond donors (Lipinski definition) is 2. The standard InChI is InChI=1S/C7H11N3O.C2H6/c1-4-5(2)9-10-7(4)8-6(3)11;1-2/h1-3H3,(H2,8,9,10,11);1-2H3. The van der Waals surface area contributed by atoms with Crippen molar-refractivity contribution in [1.82, 2.24) is 10.2 Å². The molecular weight excluding hydrogens is 166 g/mol. The van der Waals surface area contributed by atoms with Crippen LogP contribution in [0.4, 0.5) is 5.82 Å². The molecule has 74 valence electrons. The Morgan fingerprint density at radius 2 is 1.92 bits per heavy atom. The van der Waals surface area contributed by atoms with Gasteiger partial charge in [-0.05, 0) is 13.8 Å². The summed E-state index contributed by atoms with van der Waals surface area (Å²) < 4.78 is 0. The molecule has 1 aromatic heterocycles. The van der Waals surface area contributed by atoms with Crippen LogP contribution in [0.3, 0.4) is 0 Å². The van der Waals surface area contributed by atoms with Crippen LogP contribution in [0.1, 0.15) is 32.0 Å². The van der Waals surface area contributed by atoms with Gasteiger partial charge in [0.25, 0.3) is 0 Å². The quantitative estimate of drug-likeness (QED) is 0.699. The zero-order valence-corrected chi connectivity index (χ0v) is 8.86. The highest BCUT2D eigenvalue weighted by atomic mass is 16.1. The molecule has 0 aliphatic carbocycles. The second kappa shape index (κ2) is 5.35. The van der Waals surface area contributed by atoms with E-state index in [2.05, 4.69) is 15.5 Å². The van der Waals surface area contributed by atoms with Gasteiger partial charge in [-0.1, -0.05) is 13.8 Å². The maximum Gasteiger partial charge on any atom is 0.222 e. The maximum atomic E-state index is 10.6. The Kier molecular flexibility index (Phi) is 4.80. The number of carbonyl (C=O) groups excluding carboxylic acids is 1. The fourth-order valence-corrected chi connectivity index (χ4v) is 0.774. The third-order valence-corrected chi connectivity index (χ3v) is 1.55. The fraction of sp³-hybridized carbons (Fsp3) is 0.556. The van der Waals surface area contributed by atoms with Gasteiger partial charge in [0, 0.05) is 18.2 Å². The highest BCUT2D eigenvalue weighted by Crippen LogP contribution is 2.12. The largest absolute Gasteiger partial charge is 0.309 e. The molecule has 0 aliphatic rings. The number of aromatic amines is 1. The summed E-state index contributed by atoms with van der Waals surface area (Å²) in [5, 5.41) is 9.29. The highest BCUT2D eigenvalue weighted by molar-refractivity contribution is 5.88. The van der Waals surface area contributed by atoms with Crippen molar-refractivity contribution in [1.29, 1.82) is 0 Å². The molecule has 1 heterocycles. The van der Waals surface area contributed by atoms with E-state index >= 15 is 0 Å². The number of aryl methyl sites for hydroxylation is 1. The van der Waals surface area contributed by atoms with E-state index in [0.29, 0.717) is 5.82 Å². The van der Waals surface area contributed by atoms with Gasteiger partial charge in [-0.2, -0.15) is 5.10 Å². The molecule has 0 radical (unpaired) electrons. The molecule has 13 heavy (non-hydrogen) atoms. The lowest BCUT2D eigenvalue weighted by Crippen LogP contribution is -2.06. The van der Waals surface area contributed by atoms with Crippen molar-refractivity contribution in [3.05, 3.63) is 11.3 Å². The molecular formula is C9H17N3O. The monoisotopic (exact) mass is 183 g/mol. The molecule has 1 aromatic rings. The predicted molar refractivity (Wildman–Crippen MR) is 53.7 cm³/mol. The molecule has 0 bridgehead atoms. The van der Waals surface area contributed by atoms with Crippen molar-refractivity contribution in [2.45, 2.75) is 34.6 Å². The van der Waals surface area contributed by atoms with E-state index in [9.17, 15) is 4.79 Å². The predicted octanol–water partition coefficient (Wildman–Crippen LogP) is 2.01. The summed E-state index contributed by atoms with van der Waals surface area (Å²) in [6.07, 6.45) is 0. The van der Waals surface area contributed by atoms with Crippen LogP contribution in [0, 0.1) is 13.8 Å². The van der Waals surface area contributed by atoms with Gasteiger partial charge in [0.2, 0.25) is 5.91 Å². The first-order valence-electron chi connectivity index (χ1n) is 4.40. The lowest BCUT2D eigenvalue weighted by Gasteiger charge is -1.96. The SMILES string of the molecule is CC.CC(=O)Nc1n[nH]c(C)c1C. The molecule has 0 atom stereocenters. The van der Waals surface area contributed by atoms with Crippen LogP contribution in [-0.2, 0) is 4.79 Å². The van der Waals surface area contributed by atoms with Crippen molar-refractivity contribution in [3.63, 3.8) is 0 Å². The van der Waals surface area contributed by atoms with E-state index in [1.54, 1.807) is 0 Å². The fourth-order valence-electron chi connectivity index (χ4n) is 0.774. The Balaban J connectivity index is 0.000000671. The van der Waals surface area contributed by atoms with Gasteiger partial charge < -0.3 is 5.32 Å². The molecule has 1 rings (SSSR count). The van der Waals surface area contributed by atoms with Crippen LogP contribution >= 0.6 is 0 Å². The molecule has 0 aliphatic heterocycles. The van der Waals surface area contributed by atoms with E-state index in [-0.39, 0.29) is 5.91 Å². The number of carbonyl (C=O) groups is 1. The van der Waals surface area contributed by atoms with Crippen molar-refractivity contribution in [3.8, 4) is 0 Å². The van der Waals surface area contributed by atoms with Gasteiger partial charge in [0.1, 0.15) is 0 Å². The first-order chi connectivity index (χ1) is 6.11. The molecule has 0 saturated carbocycles. The molecule has 4 nitrogen and oxygen atoms in total. The number of nitrogens with one attached hydrogen (secondary N) is 2. The third kappa shape index (κ3) is 3.27. The minimum atomic E-state index is -0.0976. The minimum absolute atomic E-state index is 0.0976. The van der Waals surface area contributed by atoms with Crippen LogP contribution in [0.5, 0.6) is 0 Å². The van der Waals surface area contributed by atoms with Crippen molar-refractivity contribution in [2.24, 2.45) is 0 Å². The molecule has 2 N–H and O–H groups in total. The van der Waals surface area contributed by atoms with Gasteiger partial charge in [-0.15, -0.1) is 0 Å². The third-order valence-electron chi connectivity index (χ3n) is 1.55. The second-order valence-corrected chi connectivity index (χ2v) is 2.50. The average molecular weight is 183 g/mol. The number of hydrogen-bond acceptors (Lipinski definition) is 2. The van der Waals surface area contributed by atoms with E-state index in [1.807, 2.05) is 27.7 Å². The van der Waals surface area contributed by atoms with Crippen LogP contribution in [0.25, 0.3) is 0 Å². The first-order valence-corrected chi connectivity index (χ1v) is 4.40. The molecule has 0 spiro atoms. The number of aromatic nitrogens is 2. The van der Waals surface area contributed by atoms with Crippen molar-refractivity contribution < 1.29 is 4.79 Å². The summed E-state index contributed by atoms with van der Waals surface area (Å²) in [5.41, 5.74) is 1.97. The normalized spacial score (nSPS) is 8.69. The number of anilines is 1. The summed E-state index contributed by atoms with van der Waals surface area (Å²) in [7, 11) is 0. The van der Waals surface area contributed by atoms with E-state index in [1.165, 1.54) is 6.92 Å². The van der Waals surface area contributed by atoms with E-state index < -0.39 is 0 Å². The van der Waals surface area contributed by atoms with Gasteiger partial charge in [-0.25, -0.2) is 0 Å². The molecule has 0 aromatic carbocycles. The Morgan fingerprint density at radius 3 is 2.23 bits per heavy atom. The Morgan fingerprint density at radius 1 is 1.38 bits per heavy atom. The van der Waals surface area contributed by atoms with Crippen LogP contribution in [-0.4, -0.2) is 16.1 Å². The molecule has 4 heteroatoms. The summed E-state index contributed by atoms with van der Waals surface area (Å²) in [6, 6.07) is 0. The number of nitrogens with zero attached hydrogens (tertiary/aromatic N) is 1. The molecule has 0 saturated heterocycles. The van der Waals surface area contributed by atoms with Crippen molar-refractivity contribution >= 4 is 11.7 Å². The lowest BCUT2D eigenvalue weighted by molar-refractivity contribution is -0.114. The number of rotatable bonds is 1. The Labute approximate surface area is 78.7 Å². The number of amides is 1. The molecule has 0 fully saturated rings. The summed E-state index contributed by atoms with van der Waals surface area (Å²) in [6.45, 7) is 9.28. The zero-order chi connectivity index (χ0) is 10.4. The summed E-state index contributed by atoms with van der Waals surface area (Å²) in [4.78, 5) is 10.6. The summed E-state index contributed by atoms with van der Waals surface area (Å²) in [5.74, 6) is 0.523. The smallest absolute Gasteiger partial charge is 0.222 e. The van der Waals surface area contributed by atoms with Crippen LogP contribution in [0.15, 0.2) is 0 Å². The zero-order valence-electron chi connectivity index (χ0n) is 8.86. The van der Waals surface area contributed by atoms with Gasteiger partial charge in [0.15, 0.2) is 5.82 Å². The van der Waals surface area contributed by atoms with Gasteiger partial charge in [0.05, 0.1) is 0 Å². The Bertz CT molecular complexity index is 278. The minimum Gasteiger partial charge on any atom is -0.309 e. The first kappa shape index (κ1) is 11.7. The highest BCUT2D eigenvalue weighted by Gasteiger charge is 2.05. The topological polar surface area (TPSA) is 57.8 Å². The van der Waals surface area contributed by atoms with Crippen LogP contribution in [0.2, 0.25) is 0 Å². The van der Waals surface area contributed by atoms with E-state index in [0.717, 1.165) is 11.3 Å². The second-order valence-electron chi connectivity index (χ2n) is 2.50. The maximum absolute atomic E-state index is 10.6. The lowest BCUT2D eigenvalue weighted by atomic mass is 10.3. The van der Waals surface area contributed by atoms with Crippen molar-refractivity contribution in [2.75, 3.05) is 5.32 Å². The van der Waals surface area contributed by atoms with Crippen LogP contribution < -0.4 is 5.32 Å². The molecule has 0 unspecified atom stereocenters. The average Bonchev–Trinajstić information content (AvgIpc) is 2.39. The number of H-pyrrole nitrogens is 1. The van der Waals surface area contributed by atoms with Gasteiger partial charge in [-0.3, -0.25) is 9.89 Å². The molecule has 1 amide bonds. The summed E-state index contributed by atoms with van der Waals surface area (Å²) >= 11 is 0. The Hall–Kier alpha value is -1.32. The van der Waals surface area contributed by atoms with Gasteiger partial charge >= 0.3 is 0 Å². The van der Waals surface area contributed by atoms with E-state index in [4.69, 9.17) is 0 Å².